The summed E-state index contributed by atoms with van der Waals surface area (Å²) in [7, 11) is -2.38. The Hall–Kier alpha value is -2.32. The largest absolute Gasteiger partial charge is 0.432 e. The number of aromatic nitrogens is 2. The van der Waals surface area contributed by atoms with Crippen LogP contribution in [-0.4, -0.2) is 46.8 Å². The number of aryl methyl sites for hydroxylation is 1. The van der Waals surface area contributed by atoms with Gasteiger partial charge in [-0.15, -0.1) is 0 Å². The smallest absolute Gasteiger partial charge is 0.279 e. The average Bonchev–Trinajstić information content (AvgIpc) is 3.09. The summed E-state index contributed by atoms with van der Waals surface area (Å²) in [5, 5.41) is 15.2. The van der Waals surface area contributed by atoms with Gasteiger partial charge in [-0.05, 0) is 62.0 Å². The lowest BCUT2D eigenvalue weighted by molar-refractivity contribution is 0.0192. The van der Waals surface area contributed by atoms with Crippen LogP contribution >= 0.6 is 0 Å². The van der Waals surface area contributed by atoms with Crippen LogP contribution in [0, 0.1) is 5.92 Å². The molecule has 0 amide bonds. The third-order valence-corrected chi connectivity index (χ3v) is 9.26. The lowest BCUT2D eigenvalue weighted by Gasteiger charge is -2.30. The summed E-state index contributed by atoms with van der Waals surface area (Å²) in [6.45, 7) is 6.17. The first-order valence-electron chi connectivity index (χ1n) is 11.3. The average molecular weight is 453 g/mol. The number of aliphatic hydroxyl groups excluding tert-OH is 1. The van der Waals surface area contributed by atoms with E-state index in [0.29, 0.717) is 11.8 Å². The van der Waals surface area contributed by atoms with Gasteiger partial charge in [0.05, 0.1) is 29.5 Å². The zero-order valence-electron chi connectivity index (χ0n) is 18.9. The van der Waals surface area contributed by atoms with Gasteiger partial charge in [0.15, 0.2) is 8.32 Å². The van der Waals surface area contributed by atoms with Crippen molar-refractivity contribution in [3.05, 3.63) is 70.6 Å². The highest BCUT2D eigenvalue weighted by molar-refractivity contribution is 6.71. The Kier molecular flexibility index (Phi) is 6.62. The number of fused-ring (bicyclic) bond motifs is 1. The van der Waals surface area contributed by atoms with Crippen LogP contribution in [-0.2, 0) is 11.2 Å². The van der Waals surface area contributed by atoms with Crippen molar-refractivity contribution in [3.8, 4) is 5.69 Å². The highest BCUT2D eigenvalue weighted by atomic mass is 28.4. The molecule has 1 aliphatic rings. The Morgan fingerprint density at radius 2 is 1.78 bits per heavy atom. The Morgan fingerprint density at radius 3 is 2.47 bits per heavy atom. The zero-order valence-corrected chi connectivity index (χ0v) is 19.9. The molecule has 3 aromatic rings. The van der Waals surface area contributed by atoms with E-state index in [4.69, 9.17) is 4.74 Å². The molecule has 0 spiro atoms. The molecule has 0 bridgehead atoms. The molecule has 32 heavy (non-hydrogen) atoms. The van der Waals surface area contributed by atoms with Gasteiger partial charge in [-0.25, -0.2) is 0 Å². The molecule has 2 heterocycles. The van der Waals surface area contributed by atoms with Gasteiger partial charge in [0.1, 0.15) is 0 Å². The third kappa shape index (κ3) is 4.57. The Morgan fingerprint density at radius 1 is 1.06 bits per heavy atom. The number of ether oxygens (including phenoxy) is 1. The topological polar surface area (TPSA) is 84.6 Å². The van der Waals surface area contributed by atoms with Crippen LogP contribution in [0.4, 0.5) is 0 Å². The Balaban J connectivity index is 1.46. The molecule has 7 heteroatoms. The number of hydrogen-bond donors (Lipinski definition) is 2. The molecule has 0 aliphatic carbocycles. The van der Waals surface area contributed by atoms with E-state index in [1.165, 1.54) is 10.2 Å². The summed E-state index contributed by atoms with van der Waals surface area (Å²) < 4.78 is 7.72. The summed E-state index contributed by atoms with van der Waals surface area (Å²) in [6.07, 6.45) is 4.00. The van der Waals surface area contributed by atoms with E-state index in [0.717, 1.165) is 23.9 Å². The lowest BCUT2D eigenvalue weighted by Crippen LogP contribution is -2.40. The van der Waals surface area contributed by atoms with Crippen molar-refractivity contribution in [1.29, 1.82) is 0 Å². The molecule has 170 valence electrons. The molecule has 1 aromatic heterocycles. The van der Waals surface area contributed by atoms with Gasteiger partial charge < -0.3 is 14.6 Å². The van der Waals surface area contributed by atoms with E-state index in [9.17, 15) is 14.7 Å². The van der Waals surface area contributed by atoms with Crippen LogP contribution in [0.25, 0.3) is 16.5 Å². The first-order chi connectivity index (χ1) is 15.3. The van der Waals surface area contributed by atoms with Crippen molar-refractivity contribution in [2.75, 3.05) is 6.61 Å². The van der Waals surface area contributed by atoms with Gasteiger partial charge in [-0.3, -0.25) is 4.79 Å². The Bertz CT molecular complexity index is 1120. The van der Waals surface area contributed by atoms with Crippen LogP contribution in [0.2, 0.25) is 18.6 Å². The van der Waals surface area contributed by atoms with Gasteiger partial charge >= 0.3 is 0 Å². The summed E-state index contributed by atoms with van der Waals surface area (Å²) in [4.78, 5) is 23.6. The van der Waals surface area contributed by atoms with Gasteiger partial charge in [-0.2, -0.15) is 9.78 Å². The third-order valence-electron chi connectivity index (χ3n) is 6.73. The van der Waals surface area contributed by atoms with E-state index in [1.807, 2.05) is 61.6 Å². The van der Waals surface area contributed by atoms with E-state index < -0.39 is 8.32 Å². The molecule has 4 atom stereocenters. The number of rotatable bonds is 7. The molecule has 1 aliphatic heterocycles. The number of hydrogen-bond acceptors (Lipinski definition) is 5. The monoisotopic (exact) mass is 452 g/mol. The normalized spacial score (nSPS) is 23.7. The minimum absolute atomic E-state index is 0.0694. The minimum Gasteiger partial charge on any atom is -0.432 e. The van der Waals surface area contributed by atoms with Gasteiger partial charge in [0.25, 0.3) is 5.56 Å². The molecular weight excluding hydrogens is 420 g/mol. The fourth-order valence-corrected chi connectivity index (χ4v) is 7.85. The molecule has 0 radical (unpaired) electrons. The minimum atomic E-state index is -2.38. The van der Waals surface area contributed by atoms with E-state index in [1.54, 1.807) is 6.20 Å². The fourth-order valence-electron chi connectivity index (χ4n) is 5.19. The second kappa shape index (κ2) is 9.27. The number of nitrogens with zero attached hydrogens (tertiary/aromatic N) is 2. The molecule has 0 unspecified atom stereocenters. The second-order valence-electron chi connectivity index (χ2n) is 9.42. The standard InChI is InChI=1S/C25H32N2O4Si/c1-17-22(31-23(14-15-28)24(17)32(2,3)30)13-10-18-8-11-20(12-9-18)27-25(29)21-7-5-4-6-19(21)16-26-27/h4-9,11-12,16-17,22-24,28,30H,10,13-15H2,1-3H3/t17-,22+,23-,24+/m0/s1. The van der Waals surface area contributed by atoms with Crippen molar-refractivity contribution in [1.82, 2.24) is 9.78 Å². The van der Waals surface area contributed by atoms with Crippen LogP contribution < -0.4 is 5.56 Å². The summed E-state index contributed by atoms with van der Waals surface area (Å²) in [5.74, 6) is 0.262. The van der Waals surface area contributed by atoms with Crippen LogP contribution in [0.3, 0.4) is 0 Å². The molecule has 4 rings (SSSR count). The van der Waals surface area contributed by atoms with E-state index in [-0.39, 0.29) is 35.8 Å². The second-order valence-corrected chi connectivity index (χ2v) is 13.4. The molecular formula is C25H32N2O4Si. The quantitative estimate of drug-likeness (QED) is 0.534. The fraction of sp³-hybridized carbons (Fsp3) is 0.440. The van der Waals surface area contributed by atoms with Crippen LogP contribution in [0.15, 0.2) is 59.5 Å². The first kappa shape index (κ1) is 22.9. The highest BCUT2D eigenvalue weighted by Gasteiger charge is 2.49. The molecule has 1 fully saturated rings. The number of benzene rings is 2. The van der Waals surface area contributed by atoms with Gasteiger partial charge in [0, 0.05) is 17.5 Å². The summed E-state index contributed by atoms with van der Waals surface area (Å²) in [5.41, 5.74) is 1.92. The van der Waals surface area contributed by atoms with E-state index in [2.05, 4.69) is 12.0 Å². The molecule has 2 N–H and O–H groups in total. The zero-order chi connectivity index (χ0) is 22.9. The van der Waals surface area contributed by atoms with Gasteiger partial charge in [-0.1, -0.05) is 37.3 Å². The predicted molar refractivity (Wildman–Crippen MR) is 129 cm³/mol. The van der Waals surface area contributed by atoms with Crippen molar-refractivity contribution < 1.29 is 14.6 Å². The van der Waals surface area contributed by atoms with E-state index >= 15 is 0 Å². The summed E-state index contributed by atoms with van der Waals surface area (Å²) in [6, 6.07) is 15.4. The van der Waals surface area contributed by atoms with Crippen molar-refractivity contribution in [2.45, 2.75) is 57.0 Å². The lowest BCUT2D eigenvalue weighted by atomic mass is 9.95. The predicted octanol–water partition coefficient (Wildman–Crippen LogP) is 3.67. The van der Waals surface area contributed by atoms with Gasteiger partial charge in [0.2, 0.25) is 0 Å². The maximum Gasteiger partial charge on any atom is 0.279 e. The first-order valence-corrected chi connectivity index (χ1v) is 14.4. The summed E-state index contributed by atoms with van der Waals surface area (Å²) >= 11 is 0. The van der Waals surface area contributed by atoms with Crippen molar-refractivity contribution >= 4 is 19.1 Å². The molecule has 1 saturated heterocycles. The maximum atomic E-state index is 12.8. The van der Waals surface area contributed by atoms with Crippen molar-refractivity contribution in [2.24, 2.45) is 5.92 Å². The SMILES string of the molecule is C[C@@H]1[C@@H]([Si](C)(C)O)[C@H](CCO)O[C@@H]1CCc1ccc(-n2ncc3ccccc3c2=O)cc1. The molecule has 2 aromatic carbocycles. The number of aliphatic hydroxyl groups is 1. The molecule has 6 nitrogen and oxygen atoms in total. The van der Waals surface area contributed by atoms with Crippen LogP contribution in [0.1, 0.15) is 25.3 Å². The highest BCUT2D eigenvalue weighted by Crippen LogP contribution is 2.45. The maximum absolute atomic E-state index is 12.8. The Labute approximate surface area is 189 Å². The van der Waals surface area contributed by atoms with Crippen LogP contribution in [0.5, 0.6) is 0 Å². The van der Waals surface area contributed by atoms with Crippen molar-refractivity contribution in [3.63, 3.8) is 0 Å². The molecule has 0 saturated carbocycles.